The molecule has 1 aromatic rings. The number of carbonyl (C=O) groups excluding carboxylic acids is 1. The Balaban J connectivity index is 2.16. The second kappa shape index (κ2) is 5.14. The van der Waals surface area contributed by atoms with E-state index in [-0.39, 0.29) is 12.0 Å². The van der Waals surface area contributed by atoms with Gasteiger partial charge >= 0.3 is 0 Å². The van der Waals surface area contributed by atoms with Crippen molar-refractivity contribution in [1.29, 1.82) is 0 Å². The first-order valence-electron chi connectivity index (χ1n) is 5.40. The second-order valence-electron chi connectivity index (χ2n) is 4.03. The number of hydrogen-bond acceptors (Lipinski definition) is 2. The molecule has 0 bridgehead atoms. The van der Waals surface area contributed by atoms with Crippen LogP contribution in [0.25, 0.3) is 0 Å². The summed E-state index contributed by atoms with van der Waals surface area (Å²) in [5.74, 6) is 0.0313. The summed E-state index contributed by atoms with van der Waals surface area (Å²) in [7, 11) is 0. The molecule has 1 saturated heterocycles. The molecular formula is C12H14INO2. The molecule has 16 heavy (non-hydrogen) atoms. The Bertz CT molecular complexity index is 394. The Labute approximate surface area is 109 Å². The van der Waals surface area contributed by atoms with E-state index in [0.717, 1.165) is 28.5 Å². The molecule has 1 atom stereocenters. The molecule has 1 N–H and O–H groups in total. The summed E-state index contributed by atoms with van der Waals surface area (Å²) in [4.78, 5) is 13.9. The van der Waals surface area contributed by atoms with E-state index in [1.165, 1.54) is 0 Å². The molecule has 1 aliphatic rings. The Morgan fingerprint density at radius 2 is 2.19 bits per heavy atom. The largest absolute Gasteiger partial charge is 0.391 e. The van der Waals surface area contributed by atoms with Crippen molar-refractivity contribution in [3.63, 3.8) is 0 Å². The SMILES string of the molecule is O=C(c1ccccc1I)N1CCC[C@H](O)C1. The van der Waals surface area contributed by atoms with Crippen molar-refractivity contribution in [3.05, 3.63) is 33.4 Å². The van der Waals surface area contributed by atoms with Crippen LogP contribution in [-0.2, 0) is 0 Å². The molecule has 1 heterocycles. The van der Waals surface area contributed by atoms with Gasteiger partial charge in [-0.2, -0.15) is 0 Å². The van der Waals surface area contributed by atoms with E-state index in [0.29, 0.717) is 6.54 Å². The van der Waals surface area contributed by atoms with Gasteiger partial charge in [-0.05, 0) is 47.6 Å². The van der Waals surface area contributed by atoms with Crippen LogP contribution in [0.2, 0.25) is 0 Å². The molecule has 1 aromatic carbocycles. The van der Waals surface area contributed by atoms with Crippen molar-refractivity contribution >= 4 is 28.5 Å². The quantitative estimate of drug-likeness (QED) is 0.799. The lowest BCUT2D eigenvalue weighted by Gasteiger charge is -2.30. The summed E-state index contributed by atoms with van der Waals surface area (Å²) in [5.41, 5.74) is 0.734. The molecule has 0 unspecified atom stereocenters. The van der Waals surface area contributed by atoms with Crippen molar-refractivity contribution in [3.8, 4) is 0 Å². The van der Waals surface area contributed by atoms with E-state index < -0.39 is 0 Å². The molecule has 1 amide bonds. The van der Waals surface area contributed by atoms with Crippen molar-refractivity contribution in [2.24, 2.45) is 0 Å². The number of halogens is 1. The summed E-state index contributed by atoms with van der Waals surface area (Å²) in [6.45, 7) is 1.21. The van der Waals surface area contributed by atoms with Crippen LogP contribution < -0.4 is 0 Å². The van der Waals surface area contributed by atoms with Gasteiger partial charge < -0.3 is 10.0 Å². The molecule has 1 fully saturated rings. The molecule has 0 radical (unpaired) electrons. The van der Waals surface area contributed by atoms with Crippen LogP contribution in [0.1, 0.15) is 23.2 Å². The third kappa shape index (κ3) is 2.55. The Morgan fingerprint density at radius 1 is 1.44 bits per heavy atom. The van der Waals surface area contributed by atoms with Gasteiger partial charge in [-0.15, -0.1) is 0 Å². The van der Waals surface area contributed by atoms with E-state index in [9.17, 15) is 9.90 Å². The van der Waals surface area contributed by atoms with Gasteiger partial charge in [0.05, 0.1) is 11.7 Å². The highest BCUT2D eigenvalue weighted by atomic mass is 127. The van der Waals surface area contributed by atoms with Gasteiger partial charge in [0.25, 0.3) is 5.91 Å². The molecule has 0 saturated carbocycles. The first-order chi connectivity index (χ1) is 7.68. The number of aliphatic hydroxyl groups excluding tert-OH is 1. The number of rotatable bonds is 1. The number of aliphatic hydroxyl groups is 1. The van der Waals surface area contributed by atoms with Crippen molar-refractivity contribution in [1.82, 2.24) is 4.90 Å². The van der Waals surface area contributed by atoms with Crippen LogP contribution in [0.4, 0.5) is 0 Å². The van der Waals surface area contributed by atoms with Crippen LogP contribution in [0.15, 0.2) is 24.3 Å². The maximum atomic E-state index is 12.2. The lowest BCUT2D eigenvalue weighted by molar-refractivity contribution is 0.0473. The Hall–Kier alpha value is -0.620. The number of carbonyl (C=O) groups is 1. The summed E-state index contributed by atoms with van der Waals surface area (Å²) in [5, 5.41) is 9.55. The van der Waals surface area contributed by atoms with Gasteiger partial charge in [0.2, 0.25) is 0 Å². The second-order valence-corrected chi connectivity index (χ2v) is 5.19. The normalized spacial score (nSPS) is 20.9. The topological polar surface area (TPSA) is 40.5 Å². The maximum absolute atomic E-state index is 12.2. The Morgan fingerprint density at radius 3 is 2.88 bits per heavy atom. The number of amides is 1. The van der Waals surface area contributed by atoms with E-state index in [2.05, 4.69) is 22.6 Å². The molecule has 86 valence electrons. The van der Waals surface area contributed by atoms with Gasteiger partial charge in [-0.25, -0.2) is 0 Å². The van der Waals surface area contributed by atoms with Crippen LogP contribution >= 0.6 is 22.6 Å². The minimum Gasteiger partial charge on any atom is -0.391 e. The molecule has 0 aromatic heterocycles. The molecule has 4 heteroatoms. The van der Waals surface area contributed by atoms with Gasteiger partial charge in [0.1, 0.15) is 0 Å². The van der Waals surface area contributed by atoms with Crippen molar-refractivity contribution in [2.45, 2.75) is 18.9 Å². The van der Waals surface area contributed by atoms with Crippen LogP contribution in [0.5, 0.6) is 0 Å². The number of nitrogens with zero attached hydrogens (tertiary/aromatic N) is 1. The van der Waals surface area contributed by atoms with Crippen molar-refractivity contribution < 1.29 is 9.90 Å². The molecule has 0 spiro atoms. The fourth-order valence-electron chi connectivity index (χ4n) is 1.94. The highest BCUT2D eigenvalue weighted by Gasteiger charge is 2.23. The standard InChI is InChI=1S/C12H14INO2/c13-11-6-2-1-5-10(11)12(16)14-7-3-4-9(15)8-14/h1-2,5-6,9,15H,3-4,7-8H2/t9-/m0/s1. The number of likely N-dealkylation sites (tertiary alicyclic amines) is 1. The monoisotopic (exact) mass is 331 g/mol. The fourth-order valence-corrected chi connectivity index (χ4v) is 2.56. The summed E-state index contributed by atoms with van der Waals surface area (Å²) in [6.07, 6.45) is 1.32. The Kier molecular flexibility index (Phi) is 3.81. The van der Waals surface area contributed by atoms with Crippen LogP contribution in [0, 0.1) is 3.57 Å². The molecule has 3 nitrogen and oxygen atoms in total. The first kappa shape index (κ1) is 11.9. The zero-order chi connectivity index (χ0) is 11.5. The fraction of sp³-hybridized carbons (Fsp3) is 0.417. The summed E-state index contributed by atoms with van der Waals surface area (Å²) >= 11 is 2.17. The van der Waals surface area contributed by atoms with Crippen molar-refractivity contribution in [2.75, 3.05) is 13.1 Å². The zero-order valence-electron chi connectivity index (χ0n) is 8.90. The lowest BCUT2D eigenvalue weighted by Crippen LogP contribution is -2.42. The van der Waals surface area contributed by atoms with E-state index in [1.807, 2.05) is 24.3 Å². The van der Waals surface area contributed by atoms with E-state index in [1.54, 1.807) is 4.90 Å². The third-order valence-corrected chi connectivity index (χ3v) is 3.73. The minimum absolute atomic E-state index is 0.0313. The van der Waals surface area contributed by atoms with Gasteiger partial charge in [-0.1, -0.05) is 12.1 Å². The summed E-state index contributed by atoms with van der Waals surface area (Å²) in [6, 6.07) is 7.55. The van der Waals surface area contributed by atoms with Gasteiger partial charge in [0, 0.05) is 16.7 Å². The van der Waals surface area contributed by atoms with Gasteiger partial charge in [-0.3, -0.25) is 4.79 Å². The third-order valence-electron chi connectivity index (χ3n) is 2.79. The lowest BCUT2D eigenvalue weighted by atomic mass is 10.1. The average molecular weight is 331 g/mol. The van der Waals surface area contributed by atoms with Crippen LogP contribution in [0.3, 0.4) is 0 Å². The maximum Gasteiger partial charge on any atom is 0.255 e. The predicted molar refractivity (Wildman–Crippen MR) is 70.3 cm³/mol. The average Bonchev–Trinajstić information content (AvgIpc) is 2.29. The number of hydrogen-bond donors (Lipinski definition) is 1. The molecule has 1 aliphatic heterocycles. The van der Waals surface area contributed by atoms with Gasteiger partial charge in [0.15, 0.2) is 0 Å². The predicted octanol–water partition coefficient (Wildman–Crippen LogP) is 1.89. The number of β-amino-alcohol motifs (C(OH)–C–C–N with tert-alkyl or cyclic N) is 1. The molecule has 0 aliphatic carbocycles. The summed E-state index contributed by atoms with van der Waals surface area (Å²) < 4.78 is 0.963. The molecule has 2 rings (SSSR count). The molecular weight excluding hydrogens is 317 g/mol. The van der Waals surface area contributed by atoms with E-state index >= 15 is 0 Å². The van der Waals surface area contributed by atoms with E-state index in [4.69, 9.17) is 0 Å². The number of benzene rings is 1. The minimum atomic E-state index is -0.362. The zero-order valence-corrected chi connectivity index (χ0v) is 11.1. The first-order valence-corrected chi connectivity index (χ1v) is 6.48. The van der Waals surface area contributed by atoms with Crippen LogP contribution in [-0.4, -0.2) is 35.1 Å². The smallest absolute Gasteiger partial charge is 0.255 e. The highest BCUT2D eigenvalue weighted by Crippen LogP contribution is 2.17. The number of piperidine rings is 1. The highest BCUT2D eigenvalue weighted by molar-refractivity contribution is 14.1.